The SMILES string of the molecule is C[C@@H](O)c1ncc2n1[C@@H](C)CN(C(=O)c1nn(C)c(-c3ccc(C#N)cc3)c1Cl)C2. The summed E-state index contributed by atoms with van der Waals surface area (Å²) in [5.41, 5.74) is 2.99. The number of fused-ring (bicyclic) bond motifs is 1. The smallest absolute Gasteiger partial charge is 0.276 e. The summed E-state index contributed by atoms with van der Waals surface area (Å²) in [6.45, 7) is 4.49. The van der Waals surface area contributed by atoms with Gasteiger partial charge in [0.05, 0.1) is 46.8 Å². The number of nitriles is 1. The van der Waals surface area contributed by atoms with Gasteiger partial charge in [0.15, 0.2) is 5.69 Å². The highest BCUT2D eigenvalue weighted by Crippen LogP contribution is 2.33. The second-order valence-corrected chi connectivity index (χ2v) is 7.89. The van der Waals surface area contributed by atoms with Crippen LogP contribution in [-0.4, -0.2) is 41.8 Å². The van der Waals surface area contributed by atoms with Gasteiger partial charge >= 0.3 is 0 Å². The summed E-state index contributed by atoms with van der Waals surface area (Å²) in [7, 11) is 1.74. The number of amides is 1. The number of aromatic nitrogens is 4. The molecule has 154 valence electrons. The zero-order valence-electron chi connectivity index (χ0n) is 16.9. The maximum atomic E-state index is 13.3. The topological polar surface area (TPSA) is 100.0 Å². The molecule has 1 aliphatic heterocycles. The molecule has 0 spiro atoms. The molecule has 2 atom stereocenters. The third-order valence-electron chi connectivity index (χ3n) is 5.32. The van der Waals surface area contributed by atoms with Gasteiger partial charge in [0.25, 0.3) is 5.91 Å². The van der Waals surface area contributed by atoms with E-state index in [2.05, 4.69) is 16.2 Å². The van der Waals surface area contributed by atoms with Gasteiger partial charge in [-0.15, -0.1) is 0 Å². The summed E-state index contributed by atoms with van der Waals surface area (Å²) in [5, 5.41) is 23.6. The minimum absolute atomic E-state index is 0.0368. The van der Waals surface area contributed by atoms with Crippen LogP contribution in [-0.2, 0) is 13.6 Å². The largest absolute Gasteiger partial charge is 0.385 e. The van der Waals surface area contributed by atoms with Crippen LogP contribution in [0, 0.1) is 11.3 Å². The minimum Gasteiger partial charge on any atom is -0.385 e. The van der Waals surface area contributed by atoms with Crippen LogP contribution in [0.5, 0.6) is 0 Å². The van der Waals surface area contributed by atoms with E-state index in [1.807, 2.05) is 11.5 Å². The number of hydrogen-bond acceptors (Lipinski definition) is 5. The predicted molar refractivity (Wildman–Crippen MR) is 111 cm³/mol. The lowest BCUT2D eigenvalue weighted by Crippen LogP contribution is -2.41. The number of aliphatic hydroxyl groups is 1. The average molecular weight is 425 g/mol. The number of rotatable bonds is 3. The van der Waals surface area contributed by atoms with Crippen LogP contribution >= 0.6 is 11.6 Å². The van der Waals surface area contributed by atoms with E-state index in [9.17, 15) is 9.90 Å². The summed E-state index contributed by atoms with van der Waals surface area (Å²) in [6, 6.07) is 9.02. The number of aliphatic hydroxyl groups excluding tert-OH is 1. The van der Waals surface area contributed by atoms with Gasteiger partial charge < -0.3 is 14.6 Å². The molecule has 9 heteroatoms. The molecule has 0 saturated carbocycles. The lowest BCUT2D eigenvalue weighted by atomic mass is 10.1. The Bertz CT molecular complexity index is 1160. The van der Waals surface area contributed by atoms with Gasteiger partial charge in [0.2, 0.25) is 0 Å². The van der Waals surface area contributed by atoms with Gasteiger partial charge in [-0.2, -0.15) is 10.4 Å². The summed E-state index contributed by atoms with van der Waals surface area (Å²) >= 11 is 6.59. The molecule has 0 radical (unpaired) electrons. The van der Waals surface area contributed by atoms with E-state index in [1.54, 1.807) is 54.0 Å². The Labute approximate surface area is 178 Å². The molecule has 3 heterocycles. The zero-order chi connectivity index (χ0) is 21.6. The van der Waals surface area contributed by atoms with Gasteiger partial charge in [-0.05, 0) is 26.0 Å². The quantitative estimate of drug-likeness (QED) is 0.696. The standard InChI is InChI=1S/C21H21ClN6O2/c1-12-10-27(11-16-9-24-20(13(2)29)28(12)16)21(30)18-17(22)19(26(3)25-18)15-6-4-14(8-23)5-7-15/h4-7,9,12-13,29H,10-11H2,1-3H3/t12-,13+/m0/s1. The highest BCUT2D eigenvalue weighted by molar-refractivity contribution is 6.36. The highest BCUT2D eigenvalue weighted by atomic mass is 35.5. The number of hydrogen-bond donors (Lipinski definition) is 1. The number of carbonyl (C=O) groups excluding carboxylic acids is 1. The number of benzene rings is 1. The Balaban J connectivity index is 1.65. The molecule has 1 amide bonds. The lowest BCUT2D eigenvalue weighted by Gasteiger charge is -2.33. The first-order valence-corrected chi connectivity index (χ1v) is 9.96. The number of nitrogens with zero attached hydrogens (tertiary/aromatic N) is 6. The molecule has 3 aromatic rings. The van der Waals surface area contributed by atoms with Gasteiger partial charge in [0, 0.05) is 19.2 Å². The third-order valence-corrected chi connectivity index (χ3v) is 5.68. The average Bonchev–Trinajstić information content (AvgIpc) is 3.29. The van der Waals surface area contributed by atoms with E-state index in [0.717, 1.165) is 11.3 Å². The summed E-state index contributed by atoms with van der Waals surface area (Å²) < 4.78 is 3.57. The first-order valence-electron chi connectivity index (χ1n) is 9.58. The molecule has 8 nitrogen and oxygen atoms in total. The molecule has 30 heavy (non-hydrogen) atoms. The van der Waals surface area contributed by atoms with Gasteiger partial charge in [0.1, 0.15) is 11.9 Å². The molecular weight excluding hydrogens is 404 g/mol. The van der Waals surface area contributed by atoms with Crippen LogP contribution in [0.1, 0.15) is 53.6 Å². The molecule has 0 fully saturated rings. The Kier molecular flexibility index (Phi) is 5.10. The second kappa shape index (κ2) is 7.59. The predicted octanol–water partition coefficient (Wildman–Crippen LogP) is 3.08. The lowest BCUT2D eigenvalue weighted by molar-refractivity contribution is 0.0671. The maximum absolute atomic E-state index is 13.3. The third kappa shape index (κ3) is 3.26. The summed E-state index contributed by atoms with van der Waals surface area (Å²) in [4.78, 5) is 19.3. The van der Waals surface area contributed by atoms with E-state index < -0.39 is 6.10 Å². The fourth-order valence-electron chi connectivity index (χ4n) is 3.96. The van der Waals surface area contributed by atoms with E-state index in [1.165, 1.54) is 0 Å². The van der Waals surface area contributed by atoms with E-state index in [-0.39, 0.29) is 22.7 Å². The first kappa shape index (κ1) is 20.1. The number of halogens is 1. The van der Waals surface area contributed by atoms with Crippen molar-refractivity contribution in [1.29, 1.82) is 5.26 Å². The van der Waals surface area contributed by atoms with Crippen molar-refractivity contribution in [3.8, 4) is 17.3 Å². The van der Waals surface area contributed by atoms with Crippen LogP contribution in [0.2, 0.25) is 5.02 Å². The molecule has 4 rings (SSSR count). The van der Waals surface area contributed by atoms with E-state index in [0.29, 0.717) is 30.2 Å². The number of aryl methyl sites for hydroxylation is 1. The van der Waals surface area contributed by atoms with Crippen molar-refractivity contribution in [3.63, 3.8) is 0 Å². The molecular formula is C21H21ClN6O2. The van der Waals surface area contributed by atoms with Crippen molar-refractivity contribution in [2.24, 2.45) is 7.05 Å². The fraction of sp³-hybridized carbons (Fsp3) is 0.333. The normalized spacial score (nSPS) is 16.8. The van der Waals surface area contributed by atoms with Crippen LogP contribution in [0.15, 0.2) is 30.5 Å². The van der Waals surface area contributed by atoms with Crippen molar-refractivity contribution in [3.05, 3.63) is 58.3 Å². The van der Waals surface area contributed by atoms with Crippen molar-refractivity contribution in [2.75, 3.05) is 6.54 Å². The van der Waals surface area contributed by atoms with Crippen molar-refractivity contribution >= 4 is 17.5 Å². The molecule has 0 saturated heterocycles. The maximum Gasteiger partial charge on any atom is 0.276 e. The number of carbonyl (C=O) groups is 1. The van der Waals surface area contributed by atoms with Crippen LogP contribution in [0.4, 0.5) is 0 Å². The molecule has 2 aromatic heterocycles. The Hall–Kier alpha value is -3.15. The van der Waals surface area contributed by atoms with Gasteiger partial charge in [-0.3, -0.25) is 9.48 Å². The van der Waals surface area contributed by atoms with Crippen LogP contribution < -0.4 is 0 Å². The zero-order valence-corrected chi connectivity index (χ0v) is 17.6. The van der Waals surface area contributed by atoms with E-state index >= 15 is 0 Å². The second-order valence-electron chi connectivity index (χ2n) is 7.51. The molecule has 1 aliphatic rings. The van der Waals surface area contributed by atoms with Crippen molar-refractivity contribution in [2.45, 2.75) is 32.5 Å². The highest BCUT2D eigenvalue weighted by Gasteiger charge is 2.32. The molecule has 0 aliphatic carbocycles. The molecule has 0 unspecified atom stereocenters. The Morgan fingerprint density at radius 1 is 1.37 bits per heavy atom. The molecule has 0 bridgehead atoms. The Morgan fingerprint density at radius 3 is 2.70 bits per heavy atom. The van der Waals surface area contributed by atoms with Crippen molar-refractivity contribution < 1.29 is 9.90 Å². The van der Waals surface area contributed by atoms with Gasteiger partial charge in [-0.25, -0.2) is 4.98 Å². The van der Waals surface area contributed by atoms with E-state index in [4.69, 9.17) is 16.9 Å². The van der Waals surface area contributed by atoms with Gasteiger partial charge in [-0.1, -0.05) is 23.7 Å². The first-order chi connectivity index (χ1) is 14.3. The Morgan fingerprint density at radius 2 is 2.07 bits per heavy atom. The molecule has 1 aromatic carbocycles. The molecule has 1 N–H and O–H groups in total. The minimum atomic E-state index is -0.677. The van der Waals surface area contributed by atoms with Crippen LogP contribution in [0.25, 0.3) is 11.3 Å². The number of imidazole rings is 1. The monoisotopic (exact) mass is 424 g/mol. The fourth-order valence-corrected chi connectivity index (χ4v) is 4.31. The van der Waals surface area contributed by atoms with Crippen molar-refractivity contribution in [1.82, 2.24) is 24.2 Å². The summed E-state index contributed by atoms with van der Waals surface area (Å²) in [6.07, 6.45) is 1.02. The summed E-state index contributed by atoms with van der Waals surface area (Å²) in [5.74, 6) is 0.344. The van der Waals surface area contributed by atoms with Crippen LogP contribution in [0.3, 0.4) is 0 Å².